The first-order chi connectivity index (χ1) is 11.9. The van der Waals surface area contributed by atoms with Crippen molar-refractivity contribution in [1.29, 1.82) is 0 Å². The van der Waals surface area contributed by atoms with Gasteiger partial charge in [-0.2, -0.15) is 4.31 Å². The molecule has 1 fully saturated rings. The first-order valence-corrected chi connectivity index (χ1v) is 11.2. The first-order valence-electron chi connectivity index (χ1n) is 8.96. The minimum Gasteiger partial charge on any atom is -0.351 e. The molecule has 0 spiro atoms. The monoisotopic (exact) mass is 386 g/mol. The molecule has 0 unspecified atom stereocenters. The highest BCUT2D eigenvalue weighted by molar-refractivity contribution is 7.91. The van der Waals surface area contributed by atoms with Gasteiger partial charge in [-0.3, -0.25) is 4.99 Å². The zero-order valence-corrected chi connectivity index (χ0v) is 17.3. The van der Waals surface area contributed by atoms with Crippen LogP contribution in [0.15, 0.2) is 21.3 Å². The number of likely N-dealkylation sites (tertiary alicyclic amines) is 1. The van der Waals surface area contributed by atoms with E-state index in [4.69, 9.17) is 0 Å². The normalized spacial score (nSPS) is 17.3. The van der Waals surface area contributed by atoms with Crippen molar-refractivity contribution in [3.8, 4) is 0 Å². The molecule has 142 valence electrons. The number of rotatable bonds is 6. The molecule has 0 amide bonds. The maximum atomic E-state index is 12.6. The molecule has 0 radical (unpaired) electrons. The lowest BCUT2D eigenvalue weighted by Gasteiger charge is -2.32. The van der Waals surface area contributed by atoms with Gasteiger partial charge in [0.1, 0.15) is 4.21 Å². The van der Waals surface area contributed by atoms with E-state index in [1.54, 1.807) is 13.1 Å². The van der Waals surface area contributed by atoms with E-state index in [1.807, 2.05) is 19.9 Å². The van der Waals surface area contributed by atoms with E-state index >= 15 is 0 Å². The van der Waals surface area contributed by atoms with Crippen LogP contribution >= 0.6 is 11.3 Å². The van der Waals surface area contributed by atoms with Crippen molar-refractivity contribution in [2.45, 2.75) is 44.4 Å². The van der Waals surface area contributed by atoms with Gasteiger partial charge in [-0.15, -0.1) is 11.3 Å². The predicted octanol–water partition coefficient (Wildman–Crippen LogP) is 2.59. The fourth-order valence-electron chi connectivity index (χ4n) is 3.00. The molecule has 8 heteroatoms. The van der Waals surface area contributed by atoms with Crippen molar-refractivity contribution in [3.63, 3.8) is 0 Å². The third-order valence-corrected chi connectivity index (χ3v) is 8.25. The Hall–Kier alpha value is -1.12. The number of nitrogens with one attached hydrogen (secondary N) is 1. The molecule has 0 aromatic carbocycles. The number of piperidine rings is 1. The minimum absolute atomic E-state index is 0.412. The van der Waals surface area contributed by atoms with Crippen LogP contribution < -0.4 is 5.32 Å². The number of hydrogen-bond acceptors (Lipinski definition) is 4. The average molecular weight is 387 g/mol. The van der Waals surface area contributed by atoms with Gasteiger partial charge in [-0.1, -0.05) is 20.8 Å². The second-order valence-electron chi connectivity index (χ2n) is 6.38. The molecule has 1 aliphatic rings. The smallest absolute Gasteiger partial charge is 0.252 e. The van der Waals surface area contributed by atoms with E-state index in [0.29, 0.717) is 23.8 Å². The van der Waals surface area contributed by atoms with E-state index in [-0.39, 0.29) is 0 Å². The molecule has 0 aliphatic carbocycles. The summed E-state index contributed by atoms with van der Waals surface area (Å²) in [5, 5.41) is 3.37. The summed E-state index contributed by atoms with van der Waals surface area (Å²) < 4.78 is 27.0. The molecule has 1 aromatic rings. The molecule has 1 N–H and O–H groups in total. The van der Waals surface area contributed by atoms with Gasteiger partial charge in [-0.25, -0.2) is 8.42 Å². The van der Waals surface area contributed by atoms with E-state index in [0.717, 1.165) is 29.8 Å². The number of hydrogen-bond donors (Lipinski definition) is 1. The molecule has 6 nitrogen and oxygen atoms in total. The van der Waals surface area contributed by atoms with Crippen LogP contribution in [0.25, 0.3) is 0 Å². The van der Waals surface area contributed by atoms with Gasteiger partial charge in [0.05, 0.1) is 6.54 Å². The largest absolute Gasteiger partial charge is 0.351 e. The van der Waals surface area contributed by atoms with Gasteiger partial charge in [0.2, 0.25) is 0 Å². The number of sulfonamides is 1. The van der Waals surface area contributed by atoms with Crippen LogP contribution in [0, 0.1) is 5.92 Å². The highest BCUT2D eigenvalue weighted by Gasteiger charge is 2.24. The molecule has 1 saturated heterocycles. The lowest BCUT2D eigenvalue weighted by Crippen LogP contribution is -2.45. The standard InChI is InChI=1S/C17H30N4O2S2/c1-5-21(6-2)25(22,23)16-8-7-15(24-16)13-19-17(18-4)20-11-9-14(3)10-12-20/h7-8,14H,5-6,9-13H2,1-4H3,(H,18,19). The average Bonchev–Trinajstić information content (AvgIpc) is 3.07. The summed E-state index contributed by atoms with van der Waals surface area (Å²) in [6.07, 6.45) is 2.37. The minimum atomic E-state index is -3.37. The highest BCUT2D eigenvalue weighted by Crippen LogP contribution is 2.25. The van der Waals surface area contributed by atoms with Gasteiger partial charge >= 0.3 is 0 Å². The molecule has 1 aromatic heterocycles. The molecule has 0 atom stereocenters. The van der Waals surface area contributed by atoms with E-state index < -0.39 is 10.0 Å². The molecule has 0 bridgehead atoms. The van der Waals surface area contributed by atoms with Gasteiger partial charge in [0, 0.05) is 38.1 Å². The Labute approximate surface area is 156 Å². The summed E-state index contributed by atoms with van der Waals surface area (Å²) in [7, 11) is -1.57. The summed E-state index contributed by atoms with van der Waals surface area (Å²) in [5.41, 5.74) is 0. The molecule has 1 aliphatic heterocycles. The number of thiophene rings is 1. The Balaban J connectivity index is 1.99. The number of nitrogens with zero attached hydrogens (tertiary/aromatic N) is 3. The highest BCUT2D eigenvalue weighted by atomic mass is 32.2. The fraction of sp³-hybridized carbons (Fsp3) is 0.706. The SMILES string of the molecule is CCN(CC)S(=O)(=O)c1ccc(CNC(=NC)N2CCC(C)CC2)s1. The molecule has 0 saturated carbocycles. The summed E-state index contributed by atoms with van der Waals surface area (Å²) >= 11 is 1.33. The Morgan fingerprint density at radius 3 is 2.52 bits per heavy atom. The summed E-state index contributed by atoms with van der Waals surface area (Å²) in [5.74, 6) is 1.67. The summed E-state index contributed by atoms with van der Waals surface area (Å²) in [6, 6.07) is 3.60. The number of aliphatic imine (C=N–C) groups is 1. The summed E-state index contributed by atoms with van der Waals surface area (Å²) in [6.45, 7) is 9.63. The van der Waals surface area contributed by atoms with Crippen LogP contribution in [0.3, 0.4) is 0 Å². The van der Waals surface area contributed by atoms with Crippen LogP contribution in [0.2, 0.25) is 0 Å². The van der Waals surface area contributed by atoms with Crippen LogP contribution in [0.5, 0.6) is 0 Å². The third kappa shape index (κ3) is 4.95. The van der Waals surface area contributed by atoms with Crippen LogP contribution in [-0.4, -0.2) is 56.8 Å². The van der Waals surface area contributed by atoms with E-state index in [1.165, 1.54) is 28.5 Å². The number of guanidine groups is 1. The maximum absolute atomic E-state index is 12.6. The van der Waals surface area contributed by atoms with Crippen molar-refractivity contribution in [2.24, 2.45) is 10.9 Å². The Kier molecular flexibility index (Phi) is 7.27. The van der Waals surface area contributed by atoms with Gasteiger partial charge in [-0.05, 0) is 30.9 Å². The molecule has 25 heavy (non-hydrogen) atoms. The lowest BCUT2D eigenvalue weighted by atomic mass is 10.00. The fourth-order valence-corrected chi connectivity index (χ4v) is 5.91. The molecule has 2 heterocycles. The van der Waals surface area contributed by atoms with Gasteiger partial charge in [0.25, 0.3) is 10.0 Å². The van der Waals surface area contributed by atoms with E-state index in [9.17, 15) is 8.42 Å². The van der Waals surface area contributed by atoms with Crippen LogP contribution in [-0.2, 0) is 16.6 Å². The van der Waals surface area contributed by atoms with Crippen molar-refractivity contribution in [3.05, 3.63) is 17.0 Å². The zero-order valence-electron chi connectivity index (χ0n) is 15.7. The Morgan fingerprint density at radius 2 is 1.96 bits per heavy atom. The molecular formula is C17H30N4O2S2. The quantitative estimate of drug-likeness (QED) is 0.603. The zero-order chi connectivity index (χ0) is 18.4. The topological polar surface area (TPSA) is 65.0 Å². The third-order valence-electron chi connectivity index (χ3n) is 4.65. The Morgan fingerprint density at radius 1 is 1.32 bits per heavy atom. The predicted molar refractivity (Wildman–Crippen MR) is 105 cm³/mol. The second kappa shape index (κ2) is 9.00. The van der Waals surface area contributed by atoms with E-state index in [2.05, 4.69) is 22.1 Å². The van der Waals surface area contributed by atoms with Crippen molar-refractivity contribution >= 4 is 27.3 Å². The molecular weight excluding hydrogens is 356 g/mol. The summed E-state index contributed by atoms with van der Waals surface area (Å²) in [4.78, 5) is 7.65. The maximum Gasteiger partial charge on any atom is 0.252 e. The van der Waals surface area contributed by atoms with Crippen LogP contribution in [0.4, 0.5) is 0 Å². The van der Waals surface area contributed by atoms with Gasteiger partial charge in [0.15, 0.2) is 5.96 Å². The van der Waals surface area contributed by atoms with Crippen LogP contribution in [0.1, 0.15) is 38.5 Å². The molecule has 2 rings (SSSR count). The van der Waals surface area contributed by atoms with Crippen molar-refractivity contribution < 1.29 is 8.42 Å². The van der Waals surface area contributed by atoms with Crippen molar-refractivity contribution in [2.75, 3.05) is 33.2 Å². The van der Waals surface area contributed by atoms with Gasteiger partial charge < -0.3 is 10.2 Å². The van der Waals surface area contributed by atoms with Crippen molar-refractivity contribution in [1.82, 2.24) is 14.5 Å². The Bertz CT molecular complexity index is 673. The first kappa shape index (κ1) is 20.2. The lowest BCUT2D eigenvalue weighted by molar-refractivity contribution is 0.273. The second-order valence-corrected chi connectivity index (χ2v) is 9.71.